The Kier molecular flexibility index (Phi) is 1.62. The topological polar surface area (TPSA) is 12.4 Å². The second-order valence-electron chi connectivity index (χ2n) is 3.43. The van der Waals surface area contributed by atoms with Crippen LogP contribution in [0.3, 0.4) is 0 Å². The van der Waals surface area contributed by atoms with Gasteiger partial charge in [-0.2, -0.15) is 0 Å². The number of nitrogens with zero attached hydrogens (tertiary/aromatic N) is 1. The normalized spacial score (nSPS) is 29.5. The smallest absolute Gasteiger partial charge is 0.0639 e. The largest absolute Gasteiger partial charge is 0.250 e. The van der Waals surface area contributed by atoms with E-state index >= 15 is 0 Å². The molecule has 0 N–H and O–H groups in total. The molecule has 0 amide bonds. The van der Waals surface area contributed by atoms with Crippen LogP contribution in [-0.4, -0.2) is 10.9 Å². The molecule has 0 fully saturated rings. The first-order valence-corrected chi connectivity index (χ1v) is 6.01. The summed E-state index contributed by atoms with van der Waals surface area (Å²) < 4.78 is 0. The van der Waals surface area contributed by atoms with Crippen LogP contribution >= 0.6 is 10.5 Å². The molecule has 0 spiro atoms. The lowest BCUT2D eigenvalue weighted by molar-refractivity contribution is 0.796. The number of hydrogen-bond donors (Lipinski definition) is 0. The van der Waals surface area contributed by atoms with Crippen molar-refractivity contribution in [3.8, 4) is 0 Å². The van der Waals surface area contributed by atoms with Crippen LogP contribution < -0.4 is 0 Å². The minimum Gasteiger partial charge on any atom is -0.250 e. The predicted molar refractivity (Wildman–Crippen MR) is 60.2 cm³/mol. The van der Waals surface area contributed by atoms with E-state index in [4.69, 9.17) is 0 Å². The number of aliphatic imine (C=N–C) groups is 1. The molecule has 0 radical (unpaired) electrons. The maximum Gasteiger partial charge on any atom is 0.0639 e. The van der Waals surface area contributed by atoms with Crippen LogP contribution in [0.1, 0.15) is 19.3 Å². The summed E-state index contributed by atoms with van der Waals surface area (Å²) in [6.07, 6.45) is 10.4. The van der Waals surface area contributed by atoms with Crippen LogP contribution in [-0.2, 0) is 0 Å². The van der Waals surface area contributed by atoms with Gasteiger partial charge >= 0.3 is 0 Å². The van der Waals surface area contributed by atoms with Crippen molar-refractivity contribution < 1.29 is 0 Å². The minimum atomic E-state index is 0.207. The maximum absolute atomic E-state index is 4.51. The van der Waals surface area contributed by atoms with E-state index in [0.29, 0.717) is 0 Å². The van der Waals surface area contributed by atoms with E-state index in [2.05, 4.69) is 34.1 Å². The van der Waals surface area contributed by atoms with Crippen molar-refractivity contribution >= 4 is 21.4 Å². The lowest BCUT2D eigenvalue weighted by Crippen LogP contribution is -2.01. The summed E-state index contributed by atoms with van der Waals surface area (Å²) >= 11 is 0. The Morgan fingerprint density at radius 2 is 2.38 bits per heavy atom. The van der Waals surface area contributed by atoms with Crippen molar-refractivity contribution in [3.05, 3.63) is 34.4 Å². The van der Waals surface area contributed by atoms with Gasteiger partial charge in [0.05, 0.1) is 11.2 Å². The van der Waals surface area contributed by atoms with Gasteiger partial charge in [-0.05, 0) is 36.3 Å². The van der Waals surface area contributed by atoms with Gasteiger partial charge in [-0.15, -0.1) is 10.5 Å². The van der Waals surface area contributed by atoms with Crippen LogP contribution in [0.15, 0.2) is 39.4 Å². The molecule has 0 saturated heterocycles. The maximum atomic E-state index is 4.51. The summed E-state index contributed by atoms with van der Waals surface area (Å²) in [5.74, 6) is 0. The molecule has 0 aromatic rings. The van der Waals surface area contributed by atoms with Crippen molar-refractivity contribution in [3.63, 3.8) is 0 Å². The third-order valence-corrected chi connectivity index (χ3v) is 4.28. The molecule has 2 heterocycles. The van der Waals surface area contributed by atoms with Gasteiger partial charge in [-0.1, -0.05) is 12.2 Å². The van der Waals surface area contributed by atoms with E-state index in [9.17, 15) is 0 Å². The van der Waals surface area contributed by atoms with Crippen LogP contribution in [0.5, 0.6) is 0 Å². The second kappa shape index (κ2) is 2.81. The van der Waals surface area contributed by atoms with Crippen molar-refractivity contribution in [2.24, 2.45) is 4.99 Å². The average Bonchev–Trinajstić information content (AvgIpc) is 2.65. The number of rotatable bonds is 0. The number of hydrogen-bond acceptors (Lipinski definition) is 1. The van der Waals surface area contributed by atoms with Gasteiger partial charge in [-0.25, -0.2) is 0 Å². The molecule has 2 aliphatic heterocycles. The molecule has 1 unspecified atom stereocenters. The average molecular weight is 189 g/mol. The number of allylic oxidation sites excluding steroid dienone is 4. The van der Waals surface area contributed by atoms with Gasteiger partial charge in [0.15, 0.2) is 0 Å². The van der Waals surface area contributed by atoms with Crippen LogP contribution in [0, 0.1) is 0 Å². The van der Waals surface area contributed by atoms with E-state index in [-0.39, 0.29) is 10.5 Å². The molecular formula is C11H11NS. The Morgan fingerprint density at radius 1 is 1.38 bits per heavy atom. The lowest BCUT2D eigenvalue weighted by atomic mass is 9.98. The van der Waals surface area contributed by atoms with Crippen LogP contribution in [0.4, 0.5) is 0 Å². The number of fused-ring (bicyclic) bond motifs is 2. The van der Waals surface area contributed by atoms with Gasteiger partial charge in [0.25, 0.3) is 0 Å². The highest BCUT2D eigenvalue weighted by Gasteiger charge is 2.19. The molecule has 0 aromatic carbocycles. The molecule has 1 nitrogen and oxygen atoms in total. The fraction of sp³-hybridized carbons (Fsp3) is 0.273. The fourth-order valence-electron chi connectivity index (χ4n) is 1.96. The van der Waals surface area contributed by atoms with Gasteiger partial charge in [0.1, 0.15) is 0 Å². The summed E-state index contributed by atoms with van der Waals surface area (Å²) in [5.41, 5.74) is 4.84. The van der Waals surface area contributed by atoms with E-state index in [1.165, 1.54) is 35.4 Å². The molecule has 13 heavy (non-hydrogen) atoms. The molecular weight excluding hydrogens is 178 g/mol. The van der Waals surface area contributed by atoms with Gasteiger partial charge in [-0.3, -0.25) is 4.99 Å². The van der Waals surface area contributed by atoms with Crippen LogP contribution in [0.2, 0.25) is 0 Å². The van der Waals surface area contributed by atoms with Crippen LogP contribution in [0.25, 0.3) is 0 Å². The summed E-state index contributed by atoms with van der Waals surface area (Å²) in [6, 6.07) is 0. The van der Waals surface area contributed by atoms with Gasteiger partial charge in [0, 0.05) is 4.91 Å². The highest BCUT2D eigenvalue weighted by Crippen LogP contribution is 2.41. The van der Waals surface area contributed by atoms with Gasteiger partial charge < -0.3 is 0 Å². The summed E-state index contributed by atoms with van der Waals surface area (Å²) in [6.45, 7) is 0. The Hall–Kier alpha value is -0.890. The Bertz CT molecular complexity index is 408. The van der Waals surface area contributed by atoms with E-state index in [1.54, 1.807) is 0 Å². The molecule has 1 aliphatic carbocycles. The van der Waals surface area contributed by atoms with Crippen molar-refractivity contribution in [1.29, 1.82) is 0 Å². The summed E-state index contributed by atoms with van der Waals surface area (Å²) in [4.78, 5) is 6.03. The van der Waals surface area contributed by atoms with E-state index < -0.39 is 0 Å². The predicted octanol–water partition coefficient (Wildman–Crippen LogP) is 2.99. The Balaban J connectivity index is 2.20. The lowest BCUT2D eigenvalue weighted by Gasteiger charge is -2.20. The third-order valence-electron chi connectivity index (χ3n) is 2.61. The zero-order valence-electron chi connectivity index (χ0n) is 7.36. The molecule has 1 atom stereocenters. The molecule has 3 aliphatic rings. The molecule has 0 saturated carbocycles. The first-order valence-electron chi connectivity index (χ1n) is 4.66. The van der Waals surface area contributed by atoms with E-state index in [1.807, 2.05) is 0 Å². The second-order valence-corrected chi connectivity index (χ2v) is 5.09. The summed E-state index contributed by atoms with van der Waals surface area (Å²) in [5, 5.41) is 2.25. The van der Waals surface area contributed by atoms with Crippen molar-refractivity contribution in [1.82, 2.24) is 0 Å². The Labute approximate surface area is 80.5 Å². The minimum absolute atomic E-state index is 0.207. The molecule has 0 aromatic heterocycles. The highest BCUT2D eigenvalue weighted by molar-refractivity contribution is 8.30. The zero-order valence-corrected chi connectivity index (χ0v) is 8.18. The molecule has 66 valence electrons. The van der Waals surface area contributed by atoms with Crippen molar-refractivity contribution in [2.45, 2.75) is 19.3 Å². The third kappa shape index (κ3) is 1.09. The molecule has 0 bridgehead atoms. The first kappa shape index (κ1) is 7.51. The molecule has 3 rings (SSSR count). The quantitative estimate of drug-likeness (QED) is 0.519. The summed E-state index contributed by atoms with van der Waals surface area (Å²) in [7, 11) is 0.207. The Morgan fingerprint density at radius 3 is 3.38 bits per heavy atom. The standard InChI is InChI=1S/C11H11NS/c1-2-5-10-9(4-1)11-6-3-7-13(11)8-12-10/h3,5-8H,1-2,4H2. The monoisotopic (exact) mass is 189 g/mol. The van der Waals surface area contributed by atoms with Crippen molar-refractivity contribution in [2.75, 3.05) is 0 Å². The fourth-order valence-corrected chi connectivity index (χ4v) is 3.49. The highest BCUT2D eigenvalue weighted by atomic mass is 32.2. The van der Waals surface area contributed by atoms with Gasteiger partial charge in [0.2, 0.25) is 0 Å². The zero-order chi connectivity index (χ0) is 8.67. The first-order chi connectivity index (χ1) is 6.45. The SMILES string of the molecule is C1=CC2=C3CCCC=C3N=CS2=C1. The van der Waals surface area contributed by atoms with E-state index in [0.717, 1.165) is 0 Å². The molecule has 2 heteroatoms.